The summed E-state index contributed by atoms with van der Waals surface area (Å²) < 4.78 is 4.82. The summed E-state index contributed by atoms with van der Waals surface area (Å²) in [7, 11) is 2.18. The minimum absolute atomic E-state index is 0.0104. The van der Waals surface area contributed by atoms with Crippen molar-refractivity contribution in [3.8, 4) is 11.4 Å². The van der Waals surface area contributed by atoms with E-state index in [2.05, 4.69) is 100 Å². The molecule has 0 atom stereocenters. The first-order valence-corrected chi connectivity index (χ1v) is 8.82. The quantitative estimate of drug-likeness (QED) is 0.565. The van der Waals surface area contributed by atoms with Gasteiger partial charge in [-0.15, -0.1) is 0 Å². The van der Waals surface area contributed by atoms with E-state index in [1.54, 1.807) is 0 Å². The number of imidazole rings is 1. The minimum Gasteiger partial charge on any atom is -0.226 e. The maximum absolute atomic E-state index is 2.48. The normalized spacial score (nSPS) is 12.3. The SMILES string of the molecule is Cc1ccc(C(C)C)cc1-c1n(C(C)(C)C)c2ccccc2[n+]1C. The van der Waals surface area contributed by atoms with Gasteiger partial charge >= 0.3 is 0 Å². The molecule has 2 nitrogen and oxygen atoms in total. The number of rotatable bonds is 2. The molecule has 0 aliphatic rings. The molecule has 2 heteroatoms. The lowest BCUT2D eigenvalue weighted by Crippen LogP contribution is -2.33. The molecule has 0 amide bonds. The first-order chi connectivity index (χ1) is 11.2. The van der Waals surface area contributed by atoms with Crippen LogP contribution in [0.25, 0.3) is 22.4 Å². The fraction of sp³-hybridized carbons (Fsp3) is 0.409. The van der Waals surface area contributed by atoms with E-state index in [0.29, 0.717) is 5.92 Å². The summed E-state index contributed by atoms with van der Waals surface area (Å²) in [6.45, 7) is 13.6. The zero-order valence-corrected chi connectivity index (χ0v) is 16.0. The zero-order valence-electron chi connectivity index (χ0n) is 16.0. The van der Waals surface area contributed by atoms with Crippen molar-refractivity contribution in [3.63, 3.8) is 0 Å². The van der Waals surface area contributed by atoms with Crippen LogP contribution in [0.1, 0.15) is 51.7 Å². The highest BCUT2D eigenvalue weighted by atomic mass is 15.2. The van der Waals surface area contributed by atoms with Crippen LogP contribution in [0.5, 0.6) is 0 Å². The first-order valence-electron chi connectivity index (χ1n) is 8.82. The molecule has 3 rings (SSSR count). The highest BCUT2D eigenvalue weighted by Gasteiger charge is 2.32. The van der Waals surface area contributed by atoms with Gasteiger partial charge in [-0.3, -0.25) is 0 Å². The van der Waals surface area contributed by atoms with Gasteiger partial charge in [-0.2, -0.15) is 0 Å². The molecule has 0 radical (unpaired) electrons. The molecule has 0 spiro atoms. The van der Waals surface area contributed by atoms with Crippen molar-refractivity contribution in [2.24, 2.45) is 7.05 Å². The maximum atomic E-state index is 2.48. The van der Waals surface area contributed by atoms with Crippen LogP contribution >= 0.6 is 0 Å². The molecule has 0 bridgehead atoms. The molecule has 0 saturated carbocycles. The number of hydrogen-bond acceptors (Lipinski definition) is 0. The van der Waals surface area contributed by atoms with Crippen LogP contribution in [0, 0.1) is 6.92 Å². The molecule has 0 aliphatic carbocycles. The van der Waals surface area contributed by atoms with Crippen molar-refractivity contribution < 1.29 is 4.57 Å². The van der Waals surface area contributed by atoms with Gasteiger partial charge < -0.3 is 0 Å². The second kappa shape index (κ2) is 5.77. The van der Waals surface area contributed by atoms with Crippen LogP contribution in [0.3, 0.4) is 0 Å². The Morgan fingerprint density at radius 3 is 2.29 bits per heavy atom. The molecule has 0 saturated heterocycles. The van der Waals surface area contributed by atoms with Gasteiger partial charge in [0.1, 0.15) is 5.54 Å². The van der Waals surface area contributed by atoms with Crippen molar-refractivity contribution in [1.29, 1.82) is 0 Å². The Bertz CT molecular complexity index is 892. The molecule has 126 valence electrons. The fourth-order valence-corrected chi connectivity index (χ4v) is 3.53. The third-order valence-electron chi connectivity index (χ3n) is 4.85. The summed E-state index contributed by atoms with van der Waals surface area (Å²) in [5, 5.41) is 0. The summed E-state index contributed by atoms with van der Waals surface area (Å²) in [5.41, 5.74) is 6.62. The second-order valence-corrected chi connectivity index (χ2v) is 8.11. The van der Waals surface area contributed by atoms with E-state index in [1.807, 2.05) is 0 Å². The topological polar surface area (TPSA) is 8.81 Å². The number of aryl methyl sites for hydroxylation is 2. The predicted octanol–water partition coefficient (Wildman–Crippen LogP) is 5.32. The van der Waals surface area contributed by atoms with Crippen molar-refractivity contribution in [2.75, 3.05) is 0 Å². The van der Waals surface area contributed by atoms with Gasteiger partial charge in [0.2, 0.25) is 0 Å². The monoisotopic (exact) mass is 321 g/mol. The Morgan fingerprint density at radius 1 is 1.00 bits per heavy atom. The van der Waals surface area contributed by atoms with Gasteiger partial charge in [0, 0.05) is 0 Å². The average molecular weight is 321 g/mol. The smallest absolute Gasteiger partial charge is 0.226 e. The Labute approximate surface area is 145 Å². The van der Waals surface area contributed by atoms with Crippen molar-refractivity contribution in [3.05, 3.63) is 53.6 Å². The van der Waals surface area contributed by atoms with E-state index >= 15 is 0 Å². The molecule has 0 aliphatic heterocycles. The van der Waals surface area contributed by atoms with Crippen LogP contribution in [-0.4, -0.2) is 4.57 Å². The van der Waals surface area contributed by atoms with Gasteiger partial charge in [-0.1, -0.05) is 38.1 Å². The van der Waals surface area contributed by atoms with E-state index in [4.69, 9.17) is 0 Å². The van der Waals surface area contributed by atoms with Crippen LogP contribution in [-0.2, 0) is 12.6 Å². The fourth-order valence-electron chi connectivity index (χ4n) is 3.53. The molecule has 24 heavy (non-hydrogen) atoms. The number of para-hydroxylation sites is 2. The third-order valence-corrected chi connectivity index (χ3v) is 4.85. The average Bonchev–Trinajstić information content (AvgIpc) is 2.81. The molecule has 0 fully saturated rings. The molecule has 2 aromatic carbocycles. The van der Waals surface area contributed by atoms with Crippen LogP contribution in [0.4, 0.5) is 0 Å². The van der Waals surface area contributed by atoms with Crippen molar-refractivity contribution in [1.82, 2.24) is 4.57 Å². The van der Waals surface area contributed by atoms with E-state index in [1.165, 1.54) is 33.5 Å². The molecule has 1 aromatic heterocycles. The van der Waals surface area contributed by atoms with E-state index in [9.17, 15) is 0 Å². The first kappa shape index (κ1) is 16.8. The molecule has 0 unspecified atom stereocenters. The van der Waals surface area contributed by atoms with Gasteiger partial charge in [0.15, 0.2) is 11.0 Å². The van der Waals surface area contributed by atoms with Crippen LogP contribution in [0.15, 0.2) is 42.5 Å². The van der Waals surface area contributed by atoms with E-state index < -0.39 is 0 Å². The Balaban J connectivity index is 2.43. The molecule has 3 aromatic rings. The van der Waals surface area contributed by atoms with Gasteiger partial charge in [-0.05, 0) is 62.9 Å². The zero-order chi connectivity index (χ0) is 17.6. The Kier molecular flexibility index (Phi) is 4.03. The van der Waals surface area contributed by atoms with E-state index in [-0.39, 0.29) is 5.54 Å². The highest BCUT2D eigenvalue weighted by molar-refractivity contribution is 5.77. The lowest BCUT2D eigenvalue weighted by molar-refractivity contribution is -0.634. The lowest BCUT2D eigenvalue weighted by atomic mass is 9.96. The van der Waals surface area contributed by atoms with Crippen LogP contribution < -0.4 is 4.57 Å². The molecule has 1 heterocycles. The predicted molar refractivity (Wildman–Crippen MR) is 102 cm³/mol. The van der Waals surface area contributed by atoms with Crippen LogP contribution in [0.2, 0.25) is 0 Å². The van der Waals surface area contributed by atoms with Crippen molar-refractivity contribution >= 4 is 11.0 Å². The summed E-state index contributed by atoms with van der Waals surface area (Å²) in [6.07, 6.45) is 0. The number of fused-ring (bicyclic) bond motifs is 1. The third kappa shape index (κ3) is 2.64. The molecular formula is C22H29N2+. The standard InChI is InChI=1S/C22H29N2/c1-15(2)17-13-12-16(3)18(14-17)21-23(7)19-10-8-9-11-20(19)24(21)22(4,5)6/h8-15H,1-7H3/q+1. The van der Waals surface area contributed by atoms with Gasteiger partial charge in [-0.25, -0.2) is 9.13 Å². The molecule has 0 N–H and O–H groups in total. The largest absolute Gasteiger partial charge is 0.290 e. The molecular weight excluding hydrogens is 292 g/mol. The summed E-state index contributed by atoms with van der Waals surface area (Å²) in [4.78, 5) is 0. The highest BCUT2D eigenvalue weighted by Crippen LogP contribution is 2.32. The van der Waals surface area contributed by atoms with Gasteiger partial charge in [0.05, 0.1) is 12.6 Å². The number of benzene rings is 2. The minimum atomic E-state index is 0.0104. The maximum Gasteiger partial charge on any atom is 0.290 e. The number of aromatic nitrogens is 2. The number of hydrogen-bond donors (Lipinski definition) is 0. The van der Waals surface area contributed by atoms with E-state index in [0.717, 1.165) is 0 Å². The number of nitrogens with zero attached hydrogens (tertiary/aromatic N) is 2. The Morgan fingerprint density at radius 2 is 1.67 bits per heavy atom. The Hall–Kier alpha value is -2.09. The second-order valence-electron chi connectivity index (χ2n) is 8.11. The van der Waals surface area contributed by atoms with Gasteiger partial charge in [0.25, 0.3) is 5.82 Å². The summed E-state index contributed by atoms with van der Waals surface area (Å²) >= 11 is 0. The van der Waals surface area contributed by atoms with Crippen molar-refractivity contribution in [2.45, 2.75) is 53.0 Å². The summed E-state index contributed by atoms with van der Waals surface area (Å²) in [6, 6.07) is 15.6. The lowest BCUT2D eigenvalue weighted by Gasteiger charge is -2.19. The summed E-state index contributed by atoms with van der Waals surface area (Å²) in [5.74, 6) is 1.81.